The molecule has 47 heavy (non-hydrogen) atoms. The van der Waals surface area contributed by atoms with Crippen LogP contribution in [0.5, 0.6) is 6.01 Å². The number of nitrogens with one attached hydrogen (secondary N) is 1. The summed E-state index contributed by atoms with van der Waals surface area (Å²) in [5, 5.41) is 6.91. The lowest BCUT2D eigenvalue weighted by atomic mass is 9.94. The molecule has 7 rings (SSSR count). The molecule has 4 aliphatic rings. The molecule has 2 saturated heterocycles. The number of hydrogen-bond donors (Lipinski definition) is 2. The number of carbonyl (C=O) groups is 1. The number of rotatable bonds is 3. The van der Waals surface area contributed by atoms with E-state index < -0.39 is 41.1 Å². The van der Waals surface area contributed by atoms with Gasteiger partial charge in [-0.15, -0.1) is 0 Å². The summed E-state index contributed by atoms with van der Waals surface area (Å²) in [6.07, 6.45) is -0.377. The fourth-order valence-electron chi connectivity index (χ4n) is 6.88. The molecule has 16 heteroatoms. The maximum absolute atomic E-state index is 14.9. The molecule has 3 unspecified atom stereocenters. The molecule has 4 aliphatic heterocycles. The second-order valence-electron chi connectivity index (χ2n) is 12.1. The van der Waals surface area contributed by atoms with E-state index in [1.54, 1.807) is 6.20 Å². The Bertz CT molecular complexity index is 1620. The zero-order chi connectivity index (χ0) is 33.5. The number of halogens is 5. The normalized spacial score (nSPS) is 22.4. The summed E-state index contributed by atoms with van der Waals surface area (Å²) in [5.74, 6) is -0.669. The summed E-state index contributed by atoms with van der Waals surface area (Å²) in [5.41, 5.74) is 6.00. The van der Waals surface area contributed by atoms with E-state index in [0.29, 0.717) is 55.6 Å². The summed E-state index contributed by atoms with van der Waals surface area (Å²) in [6, 6.07) is 1.92. The molecule has 254 valence electrons. The van der Waals surface area contributed by atoms with Crippen molar-refractivity contribution in [2.45, 2.75) is 76.2 Å². The molecule has 0 bridgehead atoms. The van der Waals surface area contributed by atoms with Crippen LogP contribution in [0.2, 0.25) is 0 Å². The Hall–Kier alpha value is -4.05. The van der Waals surface area contributed by atoms with Gasteiger partial charge in [0.15, 0.2) is 5.82 Å². The number of methoxy groups -OCH3 is 1. The number of aryl methyl sites for hydroxylation is 1. The largest absolute Gasteiger partial charge is 0.467 e. The van der Waals surface area contributed by atoms with Crippen molar-refractivity contribution in [2.24, 2.45) is 0 Å². The van der Waals surface area contributed by atoms with Crippen LogP contribution in [-0.4, -0.2) is 76.7 Å². The number of benzene rings is 1. The molecule has 1 aromatic carbocycles. The van der Waals surface area contributed by atoms with Crippen molar-refractivity contribution in [1.29, 1.82) is 0 Å². The first kappa shape index (κ1) is 32.9. The molecule has 2 aromatic heterocycles. The summed E-state index contributed by atoms with van der Waals surface area (Å²) >= 11 is 0. The van der Waals surface area contributed by atoms with E-state index in [2.05, 4.69) is 25.3 Å². The van der Waals surface area contributed by atoms with E-state index in [0.717, 1.165) is 36.4 Å². The zero-order valence-corrected chi connectivity index (χ0v) is 26.1. The van der Waals surface area contributed by atoms with Crippen molar-refractivity contribution in [1.82, 2.24) is 30.0 Å². The Morgan fingerprint density at radius 3 is 2.70 bits per heavy atom. The van der Waals surface area contributed by atoms with E-state index in [4.69, 9.17) is 15.2 Å². The van der Waals surface area contributed by atoms with Gasteiger partial charge in [-0.1, -0.05) is 0 Å². The number of carbonyl (C=O) groups excluding carboxylic acids is 1. The third-order valence-corrected chi connectivity index (χ3v) is 9.14. The number of nitrogen functional groups attached to an aromatic ring is 1. The maximum atomic E-state index is 14.9. The third-order valence-electron chi connectivity index (χ3n) is 9.14. The Labute approximate surface area is 268 Å². The predicted molar refractivity (Wildman–Crippen MR) is 161 cm³/mol. The molecule has 0 radical (unpaired) electrons. The number of nitrogens with zero attached hydrogens (tertiary/aromatic N) is 6. The van der Waals surface area contributed by atoms with Crippen LogP contribution in [-0.2, 0) is 36.9 Å². The highest BCUT2D eigenvalue weighted by Crippen LogP contribution is 2.43. The third kappa shape index (κ3) is 6.70. The highest BCUT2D eigenvalue weighted by molar-refractivity contribution is 5.75. The van der Waals surface area contributed by atoms with Gasteiger partial charge in [0.25, 0.3) is 0 Å². The van der Waals surface area contributed by atoms with Gasteiger partial charge in [-0.2, -0.15) is 32.9 Å². The highest BCUT2D eigenvalue weighted by atomic mass is 19.4. The number of alkyl halides is 4. The summed E-state index contributed by atoms with van der Waals surface area (Å²) in [7, 11) is 2.90. The van der Waals surface area contributed by atoms with Gasteiger partial charge in [-0.3, -0.25) is 4.90 Å². The first-order valence-electron chi connectivity index (χ1n) is 15.6. The fraction of sp³-hybridized carbons (Fsp3) is 0.548. The van der Waals surface area contributed by atoms with Gasteiger partial charge < -0.3 is 25.4 Å². The Morgan fingerprint density at radius 2 is 1.98 bits per heavy atom. The van der Waals surface area contributed by atoms with Crippen LogP contribution in [0.3, 0.4) is 0 Å². The first-order valence-corrected chi connectivity index (χ1v) is 15.6. The van der Waals surface area contributed by atoms with Gasteiger partial charge in [-0.25, -0.2) is 13.6 Å². The van der Waals surface area contributed by atoms with Crippen molar-refractivity contribution >= 4 is 17.5 Å². The van der Waals surface area contributed by atoms with E-state index in [-0.39, 0.29) is 25.1 Å². The molecular weight excluding hydrogens is 627 g/mol. The van der Waals surface area contributed by atoms with Gasteiger partial charge >= 0.3 is 18.2 Å². The highest BCUT2D eigenvalue weighted by Gasteiger charge is 2.40. The average Bonchev–Trinajstić information content (AvgIpc) is 3.71. The molecule has 3 aromatic rings. The van der Waals surface area contributed by atoms with Crippen LogP contribution in [0.25, 0.3) is 0 Å². The lowest BCUT2D eigenvalue weighted by Crippen LogP contribution is -2.29. The van der Waals surface area contributed by atoms with Crippen LogP contribution < -0.4 is 20.7 Å². The Morgan fingerprint density at radius 1 is 1.17 bits per heavy atom. The summed E-state index contributed by atoms with van der Waals surface area (Å²) in [4.78, 5) is 25.2. The minimum atomic E-state index is -4.80. The lowest BCUT2D eigenvalue weighted by Gasteiger charge is -2.31. The summed E-state index contributed by atoms with van der Waals surface area (Å²) in [6.45, 7) is 2.68. The van der Waals surface area contributed by atoms with E-state index in [1.807, 2.05) is 4.90 Å². The minimum absolute atomic E-state index is 0.0222. The number of fused-ring (bicyclic) bond motifs is 3. The topological polar surface area (TPSA) is 124 Å². The number of anilines is 2. The predicted octanol–water partition coefficient (Wildman–Crippen LogP) is 4.57. The molecule has 0 aliphatic carbocycles. The van der Waals surface area contributed by atoms with Gasteiger partial charge in [0.05, 0.1) is 42.5 Å². The van der Waals surface area contributed by atoms with Crippen molar-refractivity contribution < 1.29 is 36.2 Å². The van der Waals surface area contributed by atoms with Crippen molar-refractivity contribution in [2.75, 3.05) is 44.4 Å². The molecule has 1 amide bonds. The fourth-order valence-corrected chi connectivity index (χ4v) is 6.88. The number of ether oxygens (including phenoxy) is 2. The molecule has 11 nitrogen and oxygen atoms in total. The standard InChI is InChI=1S/C24H25F4N7O3.C7H12FN/c1-30-23(36)35-10-12-9-34(7-3-4-16(12)33-35)21-13-11-38-18(8-17(13)31-22(32-21)37-2)19-14(24(26,27)28)5-6-15(29)20(19)25;8-6-4-7-2-1-3-9(7)5-6/h5-6,10,18H,3-4,7-9,11,29H2,1-2H3,(H,30,36);6-7H,1-5H2. The quantitative estimate of drug-likeness (QED) is 0.306. The summed E-state index contributed by atoms with van der Waals surface area (Å²) < 4.78 is 81.0. The SMILES string of the molecule is CNC(=O)n1cc2c(n1)CCCN(c1nc(OC)nc3c1COC(c1c(C(F)(F)F)ccc(N)c1F)C3)C2.FC1CC2CCCN2C1. The van der Waals surface area contributed by atoms with Crippen molar-refractivity contribution in [3.05, 3.63) is 57.8 Å². The van der Waals surface area contributed by atoms with Gasteiger partial charge in [-0.05, 0) is 50.8 Å². The minimum Gasteiger partial charge on any atom is -0.467 e. The maximum Gasteiger partial charge on any atom is 0.416 e. The van der Waals surface area contributed by atoms with Crippen LogP contribution in [0, 0.1) is 5.82 Å². The molecule has 0 saturated carbocycles. The average molecular weight is 665 g/mol. The van der Waals surface area contributed by atoms with E-state index in [1.165, 1.54) is 31.7 Å². The van der Waals surface area contributed by atoms with Crippen LogP contribution in [0.4, 0.5) is 38.3 Å². The molecular formula is C31H37F5N8O3. The molecule has 0 spiro atoms. The Kier molecular flexibility index (Phi) is 9.25. The first-order chi connectivity index (χ1) is 22.5. The van der Waals surface area contributed by atoms with E-state index >= 15 is 0 Å². The monoisotopic (exact) mass is 664 g/mol. The zero-order valence-electron chi connectivity index (χ0n) is 26.1. The Balaban J connectivity index is 0.000000366. The van der Waals surface area contributed by atoms with Gasteiger partial charge in [0, 0.05) is 62.0 Å². The van der Waals surface area contributed by atoms with Crippen molar-refractivity contribution in [3.63, 3.8) is 0 Å². The number of nitrogens with two attached hydrogens (primary N) is 1. The molecule has 3 atom stereocenters. The second kappa shape index (κ2) is 13.2. The lowest BCUT2D eigenvalue weighted by molar-refractivity contribution is -0.140. The van der Waals surface area contributed by atoms with Gasteiger partial charge in [0.1, 0.15) is 12.0 Å². The van der Waals surface area contributed by atoms with Crippen LogP contribution in [0.1, 0.15) is 65.4 Å². The number of hydrogen-bond acceptors (Lipinski definition) is 9. The number of amides is 1. The smallest absolute Gasteiger partial charge is 0.416 e. The number of aromatic nitrogens is 4. The molecule has 2 fully saturated rings. The molecule has 6 heterocycles. The second-order valence-corrected chi connectivity index (χ2v) is 12.1. The molecule has 3 N–H and O–H groups in total. The van der Waals surface area contributed by atoms with E-state index in [9.17, 15) is 26.7 Å². The van der Waals surface area contributed by atoms with Crippen LogP contribution >= 0.6 is 0 Å². The van der Waals surface area contributed by atoms with Crippen LogP contribution in [0.15, 0.2) is 18.3 Å². The van der Waals surface area contributed by atoms with Crippen molar-refractivity contribution in [3.8, 4) is 6.01 Å². The van der Waals surface area contributed by atoms with Gasteiger partial charge in [0.2, 0.25) is 0 Å².